The molecule has 1 aromatic heterocycles. The largest absolute Gasteiger partial charge is 0.436 e. The lowest BCUT2D eigenvalue weighted by molar-refractivity contribution is -0.113. The first-order chi connectivity index (χ1) is 17.5. The number of carbonyl (C=O) groups is 2. The lowest BCUT2D eigenvalue weighted by Crippen LogP contribution is -2.14. The fraction of sp³-hybridized carbons (Fsp3) is 0.0357. The van der Waals surface area contributed by atoms with Gasteiger partial charge in [-0.2, -0.15) is 0 Å². The predicted octanol–water partition coefficient (Wildman–Crippen LogP) is 6.62. The van der Waals surface area contributed by atoms with Gasteiger partial charge in [0.2, 0.25) is 11.8 Å². The molecule has 178 valence electrons. The molecule has 2 N–H and O–H groups in total. The molecule has 0 saturated carbocycles. The zero-order chi connectivity index (χ0) is 24.9. The van der Waals surface area contributed by atoms with Gasteiger partial charge in [-0.15, -0.1) is 11.8 Å². The molecule has 0 radical (unpaired) electrons. The molecular weight excluding hydrogens is 477 g/mol. The molecular formula is C28H20FN3O3S. The minimum absolute atomic E-state index is 0.157. The van der Waals surface area contributed by atoms with Gasteiger partial charge in [0.25, 0.3) is 5.91 Å². The highest BCUT2D eigenvalue weighted by Crippen LogP contribution is 2.26. The number of hydrogen-bond donors (Lipinski definition) is 2. The first-order valence-electron chi connectivity index (χ1n) is 11.1. The Morgan fingerprint density at radius 3 is 2.39 bits per heavy atom. The summed E-state index contributed by atoms with van der Waals surface area (Å²) >= 11 is 1.35. The molecule has 5 rings (SSSR count). The number of benzene rings is 4. The quantitative estimate of drug-likeness (QED) is 0.247. The van der Waals surface area contributed by atoms with E-state index in [1.807, 2.05) is 42.5 Å². The Bertz CT molecular complexity index is 1500. The standard InChI is InChI=1S/C28H20FN3O3S/c29-20-12-8-18(9-13-20)27(34)31-22-4-3-5-23(16-22)36-17-26(33)30-21-14-10-19(11-15-21)28-32-24-6-1-2-7-25(24)35-28/h1-16H,17H2,(H,30,33)(H,31,34). The minimum atomic E-state index is -0.401. The molecule has 0 aliphatic rings. The van der Waals surface area contributed by atoms with E-state index >= 15 is 0 Å². The third kappa shape index (κ3) is 5.61. The highest BCUT2D eigenvalue weighted by molar-refractivity contribution is 8.00. The topological polar surface area (TPSA) is 84.2 Å². The lowest BCUT2D eigenvalue weighted by Gasteiger charge is -2.08. The minimum Gasteiger partial charge on any atom is -0.436 e. The average molecular weight is 498 g/mol. The van der Waals surface area contributed by atoms with Crippen LogP contribution in [0.15, 0.2) is 106 Å². The molecule has 36 heavy (non-hydrogen) atoms. The zero-order valence-electron chi connectivity index (χ0n) is 18.9. The van der Waals surface area contributed by atoms with Crippen LogP contribution in [0.4, 0.5) is 15.8 Å². The van der Waals surface area contributed by atoms with Crippen molar-refractivity contribution < 1.29 is 18.4 Å². The number of aromatic nitrogens is 1. The number of thioether (sulfide) groups is 1. The fourth-order valence-corrected chi connectivity index (χ4v) is 4.26. The lowest BCUT2D eigenvalue weighted by atomic mass is 10.2. The summed E-state index contributed by atoms with van der Waals surface area (Å²) in [5, 5.41) is 5.66. The van der Waals surface area contributed by atoms with Crippen molar-refractivity contribution in [3.63, 3.8) is 0 Å². The van der Waals surface area contributed by atoms with Gasteiger partial charge in [0.05, 0.1) is 5.75 Å². The van der Waals surface area contributed by atoms with Crippen molar-refractivity contribution in [2.45, 2.75) is 4.90 Å². The van der Waals surface area contributed by atoms with E-state index in [0.29, 0.717) is 22.8 Å². The van der Waals surface area contributed by atoms with Crippen molar-refractivity contribution >= 4 is 46.1 Å². The van der Waals surface area contributed by atoms with Crippen molar-refractivity contribution in [2.75, 3.05) is 16.4 Å². The third-order valence-corrected chi connectivity index (χ3v) is 6.27. The van der Waals surface area contributed by atoms with Gasteiger partial charge in [-0.05, 0) is 78.9 Å². The number of carbonyl (C=O) groups excluding carboxylic acids is 2. The summed E-state index contributed by atoms with van der Waals surface area (Å²) in [7, 11) is 0. The summed E-state index contributed by atoms with van der Waals surface area (Å²) in [6, 6.07) is 27.4. The predicted molar refractivity (Wildman–Crippen MR) is 140 cm³/mol. The second-order valence-electron chi connectivity index (χ2n) is 7.89. The molecule has 0 saturated heterocycles. The van der Waals surface area contributed by atoms with Crippen LogP contribution in [0.1, 0.15) is 10.4 Å². The molecule has 8 heteroatoms. The first kappa shape index (κ1) is 23.3. The number of nitrogens with one attached hydrogen (secondary N) is 2. The highest BCUT2D eigenvalue weighted by Gasteiger charge is 2.10. The Labute approximate surface area is 210 Å². The first-order valence-corrected chi connectivity index (χ1v) is 12.1. The molecule has 2 amide bonds. The second kappa shape index (κ2) is 10.5. The Kier molecular flexibility index (Phi) is 6.77. The van der Waals surface area contributed by atoms with Gasteiger partial charge >= 0.3 is 0 Å². The maximum atomic E-state index is 13.1. The van der Waals surface area contributed by atoms with E-state index in [2.05, 4.69) is 15.6 Å². The van der Waals surface area contributed by atoms with E-state index in [0.717, 1.165) is 21.6 Å². The number of oxazole rings is 1. The van der Waals surface area contributed by atoms with Crippen LogP contribution in [0.2, 0.25) is 0 Å². The van der Waals surface area contributed by atoms with Crippen LogP contribution in [0.25, 0.3) is 22.6 Å². The summed E-state index contributed by atoms with van der Waals surface area (Å²) < 4.78 is 18.9. The Morgan fingerprint density at radius 2 is 1.61 bits per heavy atom. The summed E-state index contributed by atoms with van der Waals surface area (Å²) in [5.41, 5.74) is 3.95. The molecule has 0 spiro atoms. The van der Waals surface area contributed by atoms with Crippen molar-refractivity contribution in [3.8, 4) is 11.5 Å². The SMILES string of the molecule is O=C(CSc1cccc(NC(=O)c2ccc(F)cc2)c1)Nc1ccc(-c2nc3ccccc3o2)cc1. The Hall–Kier alpha value is -4.43. The average Bonchev–Trinajstić information content (AvgIpc) is 3.33. The summed E-state index contributed by atoms with van der Waals surface area (Å²) in [5.74, 6) is -0.174. The molecule has 0 atom stereocenters. The number of anilines is 2. The number of para-hydroxylation sites is 2. The van der Waals surface area contributed by atoms with Crippen molar-refractivity contribution in [1.82, 2.24) is 4.98 Å². The maximum absolute atomic E-state index is 13.1. The molecule has 0 fully saturated rings. The summed E-state index contributed by atoms with van der Waals surface area (Å²) in [6.07, 6.45) is 0. The van der Waals surface area contributed by atoms with Crippen molar-refractivity contribution in [1.29, 1.82) is 0 Å². The van der Waals surface area contributed by atoms with Crippen LogP contribution >= 0.6 is 11.8 Å². The van der Waals surface area contributed by atoms with Crippen molar-refractivity contribution in [2.24, 2.45) is 0 Å². The van der Waals surface area contributed by atoms with Gasteiger partial charge in [-0.1, -0.05) is 18.2 Å². The second-order valence-corrected chi connectivity index (χ2v) is 8.94. The summed E-state index contributed by atoms with van der Waals surface area (Å²) in [4.78, 5) is 30.1. The van der Waals surface area contributed by atoms with E-state index in [1.54, 1.807) is 30.3 Å². The molecule has 0 unspecified atom stereocenters. The smallest absolute Gasteiger partial charge is 0.255 e. The van der Waals surface area contributed by atoms with Gasteiger partial charge in [-0.25, -0.2) is 9.37 Å². The summed E-state index contributed by atoms with van der Waals surface area (Å²) in [6.45, 7) is 0. The number of rotatable bonds is 7. The van der Waals surface area contributed by atoms with Crippen LogP contribution in [-0.4, -0.2) is 22.6 Å². The van der Waals surface area contributed by atoms with Gasteiger partial charge in [0.1, 0.15) is 11.3 Å². The number of fused-ring (bicyclic) bond motifs is 1. The van der Waals surface area contributed by atoms with Gasteiger partial charge < -0.3 is 15.1 Å². The third-order valence-electron chi connectivity index (χ3n) is 5.28. The molecule has 0 aliphatic carbocycles. The van der Waals surface area contributed by atoms with Crippen LogP contribution in [0.5, 0.6) is 0 Å². The maximum Gasteiger partial charge on any atom is 0.255 e. The molecule has 0 bridgehead atoms. The van der Waals surface area contributed by atoms with Crippen LogP contribution in [0, 0.1) is 5.82 Å². The van der Waals surface area contributed by atoms with E-state index in [9.17, 15) is 14.0 Å². The molecule has 0 aliphatic heterocycles. The number of nitrogens with zero attached hydrogens (tertiary/aromatic N) is 1. The van der Waals surface area contributed by atoms with Crippen LogP contribution in [-0.2, 0) is 4.79 Å². The van der Waals surface area contributed by atoms with Gasteiger partial charge in [0.15, 0.2) is 5.58 Å². The molecule has 5 aromatic rings. The molecule has 4 aromatic carbocycles. The van der Waals surface area contributed by atoms with Gasteiger partial charge in [-0.3, -0.25) is 9.59 Å². The van der Waals surface area contributed by atoms with Gasteiger partial charge in [0, 0.05) is 27.4 Å². The number of amides is 2. The monoisotopic (exact) mass is 497 g/mol. The Balaban J connectivity index is 1.15. The van der Waals surface area contributed by atoms with Crippen LogP contribution in [0.3, 0.4) is 0 Å². The van der Waals surface area contributed by atoms with E-state index in [4.69, 9.17) is 4.42 Å². The normalized spacial score (nSPS) is 10.8. The number of hydrogen-bond acceptors (Lipinski definition) is 5. The number of halogens is 1. The molecule has 6 nitrogen and oxygen atoms in total. The van der Waals surface area contributed by atoms with E-state index in [1.165, 1.54) is 36.0 Å². The van der Waals surface area contributed by atoms with E-state index in [-0.39, 0.29) is 17.6 Å². The van der Waals surface area contributed by atoms with Crippen LogP contribution < -0.4 is 10.6 Å². The fourth-order valence-electron chi connectivity index (χ4n) is 3.51. The molecule has 1 heterocycles. The van der Waals surface area contributed by atoms with E-state index < -0.39 is 5.82 Å². The Morgan fingerprint density at radius 1 is 0.833 bits per heavy atom. The highest BCUT2D eigenvalue weighted by atomic mass is 32.2. The van der Waals surface area contributed by atoms with Crippen molar-refractivity contribution in [3.05, 3.63) is 108 Å². The zero-order valence-corrected chi connectivity index (χ0v) is 19.7.